The summed E-state index contributed by atoms with van der Waals surface area (Å²) in [6, 6.07) is 12.3. The molecule has 0 aliphatic heterocycles. The Morgan fingerprint density at radius 3 is 2.63 bits per heavy atom. The molecule has 19 heavy (non-hydrogen) atoms. The van der Waals surface area contributed by atoms with E-state index in [1.807, 2.05) is 18.2 Å². The molecule has 0 saturated heterocycles. The highest BCUT2D eigenvalue weighted by atomic mass is 79.9. The van der Waals surface area contributed by atoms with Crippen molar-refractivity contribution < 1.29 is 9.94 Å². The van der Waals surface area contributed by atoms with E-state index in [2.05, 4.69) is 21.1 Å². The molecule has 2 aromatic rings. The molecule has 0 radical (unpaired) electrons. The molecule has 6 heteroatoms. The molecule has 0 heterocycles. The molecule has 0 aromatic heterocycles. The first-order valence-corrected chi connectivity index (χ1v) is 6.48. The summed E-state index contributed by atoms with van der Waals surface area (Å²) in [6.07, 6.45) is 0. The van der Waals surface area contributed by atoms with Crippen LogP contribution in [0.5, 0.6) is 11.5 Å². The minimum atomic E-state index is -0.0652. The van der Waals surface area contributed by atoms with E-state index >= 15 is 0 Å². The Balaban J connectivity index is 2.43. The molecule has 0 fully saturated rings. The maximum absolute atomic E-state index is 8.78. The van der Waals surface area contributed by atoms with Crippen LogP contribution in [0, 0.1) is 0 Å². The Bertz CT molecular complexity index is 632. The second-order valence-electron chi connectivity index (χ2n) is 3.66. The lowest BCUT2D eigenvalue weighted by atomic mass is 10.2. The predicted octanol–water partition coefficient (Wildman–Crippen LogP) is 3.99. The van der Waals surface area contributed by atoms with Gasteiger partial charge in [0.05, 0.1) is 10.0 Å². The number of halogens is 2. The van der Waals surface area contributed by atoms with E-state index in [9.17, 15) is 0 Å². The molecule has 0 bridgehead atoms. The van der Waals surface area contributed by atoms with Gasteiger partial charge in [0.25, 0.3) is 0 Å². The standard InChI is InChI=1S/C13H10BrClN2O2/c14-10-3-1-2-4-12(10)19-11-6-5-8(15)7-9(11)13(16)17-18/h1-7,18H,(H2,16,17). The van der Waals surface area contributed by atoms with Gasteiger partial charge in [-0.15, -0.1) is 0 Å². The van der Waals surface area contributed by atoms with Crippen LogP contribution in [0.3, 0.4) is 0 Å². The zero-order valence-corrected chi connectivity index (χ0v) is 12.0. The number of oxime groups is 1. The molecule has 0 aliphatic carbocycles. The first-order chi connectivity index (χ1) is 9.11. The largest absolute Gasteiger partial charge is 0.455 e. The summed E-state index contributed by atoms with van der Waals surface area (Å²) in [5.41, 5.74) is 6.03. The molecular weight excluding hydrogens is 332 g/mol. The van der Waals surface area contributed by atoms with Crippen molar-refractivity contribution in [1.29, 1.82) is 0 Å². The topological polar surface area (TPSA) is 67.8 Å². The summed E-state index contributed by atoms with van der Waals surface area (Å²) in [7, 11) is 0. The van der Waals surface area contributed by atoms with Gasteiger partial charge in [0.2, 0.25) is 0 Å². The van der Waals surface area contributed by atoms with E-state index in [1.54, 1.807) is 24.3 Å². The van der Waals surface area contributed by atoms with Crippen LogP contribution in [0.25, 0.3) is 0 Å². The Kier molecular flexibility index (Phi) is 4.29. The molecule has 98 valence electrons. The molecule has 0 atom stereocenters. The number of benzene rings is 2. The third kappa shape index (κ3) is 3.19. The highest BCUT2D eigenvalue weighted by Gasteiger charge is 2.11. The molecule has 0 saturated carbocycles. The zero-order chi connectivity index (χ0) is 13.8. The van der Waals surface area contributed by atoms with Crippen molar-refractivity contribution in [3.63, 3.8) is 0 Å². The first kappa shape index (κ1) is 13.7. The maximum atomic E-state index is 8.78. The van der Waals surface area contributed by atoms with Crippen molar-refractivity contribution in [1.82, 2.24) is 0 Å². The van der Waals surface area contributed by atoms with Gasteiger partial charge in [-0.25, -0.2) is 0 Å². The third-order valence-corrected chi connectivity index (χ3v) is 3.27. The van der Waals surface area contributed by atoms with Crippen LogP contribution in [-0.4, -0.2) is 11.0 Å². The number of nitrogens with zero attached hydrogens (tertiary/aromatic N) is 1. The maximum Gasteiger partial charge on any atom is 0.173 e. The van der Waals surface area contributed by atoms with Crippen LogP contribution < -0.4 is 10.5 Å². The van der Waals surface area contributed by atoms with E-state index in [1.165, 1.54) is 0 Å². The molecule has 0 spiro atoms. The number of amidine groups is 1. The van der Waals surface area contributed by atoms with Gasteiger partial charge in [-0.3, -0.25) is 0 Å². The van der Waals surface area contributed by atoms with Gasteiger partial charge in [0.15, 0.2) is 5.84 Å². The van der Waals surface area contributed by atoms with Crippen LogP contribution >= 0.6 is 27.5 Å². The van der Waals surface area contributed by atoms with Crippen LogP contribution in [0.2, 0.25) is 5.02 Å². The second kappa shape index (κ2) is 5.95. The number of hydrogen-bond acceptors (Lipinski definition) is 3. The van der Waals surface area contributed by atoms with E-state index < -0.39 is 0 Å². The molecule has 0 unspecified atom stereocenters. The van der Waals surface area contributed by atoms with E-state index in [0.717, 1.165) is 4.47 Å². The van der Waals surface area contributed by atoms with Gasteiger partial charge in [-0.05, 0) is 46.3 Å². The van der Waals surface area contributed by atoms with Crippen molar-refractivity contribution in [3.8, 4) is 11.5 Å². The number of ether oxygens (including phenoxy) is 1. The van der Waals surface area contributed by atoms with Crippen LogP contribution in [-0.2, 0) is 0 Å². The lowest BCUT2D eigenvalue weighted by Crippen LogP contribution is -2.14. The Morgan fingerprint density at radius 1 is 1.21 bits per heavy atom. The quantitative estimate of drug-likeness (QED) is 0.384. The number of nitrogens with two attached hydrogens (primary N) is 1. The van der Waals surface area contributed by atoms with E-state index in [0.29, 0.717) is 22.1 Å². The monoisotopic (exact) mass is 340 g/mol. The zero-order valence-electron chi connectivity index (χ0n) is 9.68. The van der Waals surface area contributed by atoms with Gasteiger partial charge in [-0.1, -0.05) is 28.9 Å². The average Bonchev–Trinajstić information content (AvgIpc) is 2.42. The molecule has 2 aromatic carbocycles. The van der Waals surface area contributed by atoms with Gasteiger partial charge in [0, 0.05) is 5.02 Å². The summed E-state index contributed by atoms with van der Waals surface area (Å²) in [6.45, 7) is 0. The molecule has 0 amide bonds. The molecule has 0 aliphatic rings. The van der Waals surface area contributed by atoms with E-state index in [-0.39, 0.29) is 5.84 Å². The molecule has 4 nitrogen and oxygen atoms in total. The van der Waals surface area contributed by atoms with E-state index in [4.69, 9.17) is 27.3 Å². The summed E-state index contributed by atoms with van der Waals surface area (Å²) < 4.78 is 6.54. The molecular formula is C13H10BrClN2O2. The van der Waals surface area contributed by atoms with Gasteiger partial charge in [0.1, 0.15) is 11.5 Å². The average molecular weight is 342 g/mol. The second-order valence-corrected chi connectivity index (χ2v) is 4.95. The fraction of sp³-hybridized carbons (Fsp3) is 0. The Hall–Kier alpha value is -1.72. The van der Waals surface area contributed by atoms with Gasteiger partial charge < -0.3 is 15.7 Å². The Labute approximate surface area is 123 Å². The lowest BCUT2D eigenvalue weighted by molar-refractivity contribution is 0.318. The summed E-state index contributed by atoms with van der Waals surface area (Å²) >= 11 is 9.28. The predicted molar refractivity (Wildman–Crippen MR) is 78.2 cm³/mol. The van der Waals surface area contributed by atoms with Gasteiger partial charge in [-0.2, -0.15) is 0 Å². The van der Waals surface area contributed by atoms with Crippen LogP contribution in [0.4, 0.5) is 0 Å². The van der Waals surface area contributed by atoms with Crippen LogP contribution in [0.15, 0.2) is 52.1 Å². The first-order valence-electron chi connectivity index (χ1n) is 5.31. The fourth-order valence-electron chi connectivity index (χ4n) is 1.49. The number of hydrogen-bond donors (Lipinski definition) is 2. The summed E-state index contributed by atoms with van der Waals surface area (Å²) in [5, 5.41) is 12.2. The van der Waals surface area contributed by atoms with Crippen molar-refractivity contribution in [2.45, 2.75) is 0 Å². The Morgan fingerprint density at radius 2 is 1.95 bits per heavy atom. The lowest BCUT2D eigenvalue weighted by Gasteiger charge is -2.11. The SMILES string of the molecule is NC(=NO)c1cc(Cl)ccc1Oc1ccccc1Br. The molecule has 2 rings (SSSR count). The normalized spacial score (nSPS) is 11.4. The third-order valence-electron chi connectivity index (χ3n) is 2.38. The molecule has 3 N–H and O–H groups in total. The highest BCUT2D eigenvalue weighted by Crippen LogP contribution is 2.32. The minimum absolute atomic E-state index is 0.0652. The summed E-state index contributed by atoms with van der Waals surface area (Å²) in [4.78, 5) is 0. The number of rotatable bonds is 3. The van der Waals surface area contributed by atoms with Crippen molar-refractivity contribution in [2.75, 3.05) is 0 Å². The smallest absolute Gasteiger partial charge is 0.173 e. The van der Waals surface area contributed by atoms with Crippen molar-refractivity contribution >= 4 is 33.4 Å². The van der Waals surface area contributed by atoms with Crippen molar-refractivity contribution in [3.05, 3.63) is 57.5 Å². The summed E-state index contributed by atoms with van der Waals surface area (Å²) in [5.74, 6) is 1.01. The van der Waals surface area contributed by atoms with Crippen molar-refractivity contribution in [2.24, 2.45) is 10.9 Å². The van der Waals surface area contributed by atoms with Crippen LogP contribution in [0.1, 0.15) is 5.56 Å². The number of para-hydroxylation sites is 1. The highest BCUT2D eigenvalue weighted by molar-refractivity contribution is 9.10. The van der Waals surface area contributed by atoms with Gasteiger partial charge >= 0.3 is 0 Å². The minimum Gasteiger partial charge on any atom is -0.455 e. The fourth-order valence-corrected chi connectivity index (χ4v) is 2.03.